The standard InChI is InChI=1S/C26H33NO7/c1-6-33-25(29)19-11-27-20(16(2)3)7-17-8-24(34-15-26(12-30-4)13-32-14-26)23(31-5)9-18(17)21(27)10-22(19)28/h8-11,16,20H,6-7,12-15H2,1-5H3. The molecule has 0 radical (unpaired) electrons. The summed E-state index contributed by atoms with van der Waals surface area (Å²) in [4.78, 5) is 25.2. The molecule has 34 heavy (non-hydrogen) atoms. The number of aromatic nitrogens is 1. The van der Waals surface area contributed by atoms with E-state index in [9.17, 15) is 9.59 Å². The number of carbonyl (C=O) groups excluding carboxylic acids is 1. The number of hydrogen-bond donors (Lipinski definition) is 0. The van der Waals surface area contributed by atoms with Gasteiger partial charge in [0.2, 0.25) is 0 Å². The van der Waals surface area contributed by atoms with Gasteiger partial charge in [0.05, 0.1) is 44.6 Å². The molecule has 8 heteroatoms. The van der Waals surface area contributed by atoms with Gasteiger partial charge >= 0.3 is 5.97 Å². The molecule has 2 aliphatic heterocycles. The molecule has 0 aliphatic carbocycles. The highest BCUT2D eigenvalue weighted by Gasteiger charge is 2.40. The van der Waals surface area contributed by atoms with Gasteiger partial charge in [-0.1, -0.05) is 13.8 Å². The molecule has 1 aromatic carbocycles. The average molecular weight is 472 g/mol. The SMILES string of the molecule is CCOC(=O)c1cn2c(cc1=O)-c1cc(OC)c(OCC3(COC)COC3)cc1CC2C(C)C. The van der Waals surface area contributed by atoms with Crippen molar-refractivity contribution in [2.45, 2.75) is 33.2 Å². The number of nitrogens with zero attached hydrogens (tertiary/aromatic N) is 1. The van der Waals surface area contributed by atoms with Gasteiger partial charge in [-0.25, -0.2) is 4.79 Å². The minimum absolute atomic E-state index is 0.0535. The van der Waals surface area contributed by atoms with Crippen LogP contribution < -0.4 is 14.9 Å². The van der Waals surface area contributed by atoms with Crippen LogP contribution in [0.25, 0.3) is 11.3 Å². The zero-order valence-electron chi connectivity index (χ0n) is 20.5. The van der Waals surface area contributed by atoms with Crippen LogP contribution in [0.1, 0.15) is 42.7 Å². The highest BCUT2D eigenvalue weighted by atomic mass is 16.5. The molecular weight excluding hydrogens is 438 g/mol. The number of rotatable bonds is 9. The third kappa shape index (κ3) is 4.44. The molecule has 1 fully saturated rings. The summed E-state index contributed by atoms with van der Waals surface area (Å²) in [6.07, 6.45) is 2.38. The normalized spacial score (nSPS) is 18.0. The Labute approximate surface area is 199 Å². The van der Waals surface area contributed by atoms with E-state index in [-0.39, 0.29) is 35.0 Å². The second kappa shape index (κ2) is 9.80. The van der Waals surface area contributed by atoms with Crippen LogP contribution in [-0.4, -0.2) is 57.8 Å². The molecule has 0 saturated carbocycles. The van der Waals surface area contributed by atoms with Crippen LogP contribution in [0, 0.1) is 11.3 Å². The van der Waals surface area contributed by atoms with Crippen molar-refractivity contribution in [2.75, 3.05) is 47.3 Å². The van der Waals surface area contributed by atoms with Crippen molar-refractivity contribution in [3.8, 4) is 22.8 Å². The Hall–Kier alpha value is -2.84. The zero-order valence-corrected chi connectivity index (χ0v) is 20.5. The lowest BCUT2D eigenvalue weighted by atomic mass is 9.86. The van der Waals surface area contributed by atoms with Crippen molar-refractivity contribution in [1.29, 1.82) is 0 Å². The smallest absolute Gasteiger partial charge is 0.343 e. The van der Waals surface area contributed by atoms with Gasteiger partial charge in [0, 0.05) is 31.0 Å². The Balaban J connectivity index is 1.75. The average Bonchev–Trinajstić information content (AvgIpc) is 2.79. The molecule has 3 heterocycles. The summed E-state index contributed by atoms with van der Waals surface area (Å²) in [7, 11) is 3.28. The third-order valence-corrected chi connectivity index (χ3v) is 6.60. The Morgan fingerprint density at radius 1 is 1.18 bits per heavy atom. The number of pyridine rings is 1. The monoisotopic (exact) mass is 471 g/mol. The molecule has 2 aromatic rings. The van der Waals surface area contributed by atoms with Crippen LogP contribution in [-0.2, 0) is 20.6 Å². The number of fused-ring (bicyclic) bond motifs is 3. The highest BCUT2D eigenvalue weighted by Crippen LogP contribution is 2.43. The lowest BCUT2D eigenvalue weighted by Gasteiger charge is -2.40. The first-order valence-corrected chi connectivity index (χ1v) is 11.7. The number of esters is 1. The molecule has 0 bridgehead atoms. The molecule has 1 atom stereocenters. The maximum Gasteiger partial charge on any atom is 0.343 e. The van der Waals surface area contributed by atoms with Gasteiger partial charge in [-0.05, 0) is 37.0 Å². The van der Waals surface area contributed by atoms with E-state index >= 15 is 0 Å². The molecule has 4 rings (SSSR count). The van der Waals surface area contributed by atoms with Crippen LogP contribution in [0.5, 0.6) is 11.5 Å². The summed E-state index contributed by atoms with van der Waals surface area (Å²) in [5, 5.41) is 0. The number of carbonyl (C=O) groups is 1. The van der Waals surface area contributed by atoms with E-state index in [4.69, 9.17) is 23.7 Å². The molecular formula is C26H33NO7. The summed E-state index contributed by atoms with van der Waals surface area (Å²) < 4.78 is 29.8. The van der Waals surface area contributed by atoms with Gasteiger partial charge in [-0.3, -0.25) is 4.79 Å². The Bertz CT molecular complexity index is 1120. The summed E-state index contributed by atoms with van der Waals surface area (Å²) >= 11 is 0. The van der Waals surface area contributed by atoms with E-state index in [1.807, 2.05) is 16.7 Å². The van der Waals surface area contributed by atoms with Gasteiger partial charge in [-0.15, -0.1) is 0 Å². The second-order valence-corrected chi connectivity index (χ2v) is 9.45. The fourth-order valence-electron chi connectivity index (χ4n) is 4.70. The molecule has 0 amide bonds. The molecule has 184 valence electrons. The minimum atomic E-state index is -0.595. The summed E-state index contributed by atoms with van der Waals surface area (Å²) in [5.41, 5.74) is 2.27. The lowest BCUT2D eigenvalue weighted by molar-refractivity contribution is -0.159. The Morgan fingerprint density at radius 2 is 1.94 bits per heavy atom. The number of hydrogen-bond acceptors (Lipinski definition) is 7. The number of methoxy groups -OCH3 is 2. The molecule has 1 saturated heterocycles. The maximum atomic E-state index is 12.8. The molecule has 0 spiro atoms. The van der Waals surface area contributed by atoms with Crippen LogP contribution in [0.4, 0.5) is 0 Å². The van der Waals surface area contributed by atoms with E-state index in [2.05, 4.69) is 13.8 Å². The van der Waals surface area contributed by atoms with Gasteiger partial charge in [0.15, 0.2) is 16.9 Å². The summed E-state index contributed by atoms with van der Waals surface area (Å²) in [5.74, 6) is 0.920. The lowest BCUT2D eigenvalue weighted by Crippen LogP contribution is -2.50. The zero-order chi connectivity index (χ0) is 24.5. The van der Waals surface area contributed by atoms with E-state index in [1.54, 1.807) is 27.3 Å². The molecule has 1 aromatic heterocycles. The van der Waals surface area contributed by atoms with E-state index in [0.717, 1.165) is 23.2 Å². The van der Waals surface area contributed by atoms with Crippen molar-refractivity contribution in [3.63, 3.8) is 0 Å². The van der Waals surface area contributed by atoms with Crippen LogP contribution in [0.15, 0.2) is 29.2 Å². The Kier molecular flexibility index (Phi) is 7.00. The van der Waals surface area contributed by atoms with Crippen molar-refractivity contribution in [1.82, 2.24) is 4.57 Å². The molecule has 8 nitrogen and oxygen atoms in total. The predicted octanol–water partition coefficient (Wildman–Crippen LogP) is 3.50. The first-order chi connectivity index (χ1) is 16.3. The van der Waals surface area contributed by atoms with Crippen LogP contribution in [0.2, 0.25) is 0 Å². The van der Waals surface area contributed by atoms with E-state index in [0.29, 0.717) is 37.9 Å². The largest absolute Gasteiger partial charge is 0.493 e. The highest BCUT2D eigenvalue weighted by molar-refractivity contribution is 5.89. The molecule has 2 aliphatic rings. The Morgan fingerprint density at radius 3 is 2.53 bits per heavy atom. The van der Waals surface area contributed by atoms with Crippen molar-refractivity contribution in [2.24, 2.45) is 11.3 Å². The predicted molar refractivity (Wildman–Crippen MR) is 127 cm³/mol. The van der Waals surface area contributed by atoms with Crippen LogP contribution >= 0.6 is 0 Å². The van der Waals surface area contributed by atoms with Gasteiger partial charge in [0.1, 0.15) is 12.2 Å². The number of ether oxygens (including phenoxy) is 5. The third-order valence-electron chi connectivity index (χ3n) is 6.60. The second-order valence-electron chi connectivity index (χ2n) is 9.45. The number of benzene rings is 1. The van der Waals surface area contributed by atoms with E-state index in [1.165, 1.54) is 6.07 Å². The van der Waals surface area contributed by atoms with Gasteiger partial charge in [-0.2, -0.15) is 0 Å². The summed E-state index contributed by atoms with van der Waals surface area (Å²) in [6.45, 7) is 8.43. The van der Waals surface area contributed by atoms with Crippen molar-refractivity contribution in [3.05, 3.63) is 45.7 Å². The van der Waals surface area contributed by atoms with Gasteiger partial charge in [0.25, 0.3) is 0 Å². The van der Waals surface area contributed by atoms with Gasteiger partial charge < -0.3 is 28.3 Å². The first-order valence-electron chi connectivity index (χ1n) is 11.7. The van der Waals surface area contributed by atoms with Crippen molar-refractivity contribution < 1.29 is 28.5 Å². The van der Waals surface area contributed by atoms with E-state index < -0.39 is 5.97 Å². The maximum absolute atomic E-state index is 12.8. The molecule has 0 N–H and O–H groups in total. The fourth-order valence-corrected chi connectivity index (χ4v) is 4.70. The van der Waals surface area contributed by atoms with Crippen LogP contribution in [0.3, 0.4) is 0 Å². The quantitative estimate of drug-likeness (QED) is 0.518. The first kappa shape index (κ1) is 24.3. The summed E-state index contributed by atoms with van der Waals surface area (Å²) in [6, 6.07) is 5.52. The topological polar surface area (TPSA) is 85.2 Å². The fraction of sp³-hybridized carbons (Fsp3) is 0.538. The van der Waals surface area contributed by atoms with Crippen molar-refractivity contribution >= 4 is 5.97 Å². The minimum Gasteiger partial charge on any atom is -0.493 e. The molecule has 1 unspecified atom stereocenters.